The molecule has 0 unspecified atom stereocenters. The Morgan fingerprint density at radius 1 is 1.04 bits per heavy atom. The molecule has 2 saturated heterocycles. The number of rotatable bonds is 3. The second-order valence-electron chi connectivity index (χ2n) is 6.96. The zero-order valence-electron chi connectivity index (χ0n) is 14.8. The third-order valence-corrected chi connectivity index (χ3v) is 5.27. The van der Waals surface area contributed by atoms with E-state index >= 15 is 0 Å². The van der Waals surface area contributed by atoms with Crippen LogP contribution in [0.15, 0.2) is 48.7 Å². The van der Waals surface area contributed by atoms with Crippen LogP contribution in [0.3, 0.4) is 0 Å². The largest absolute Gasteiger partial charge is 0.330 e. The highest BCUT2D eigenvalue weighted by molar-refractivity contribution is 5.99. The molecule has 0 saturated carbocycles. The van der Waals surface area contributed by atoms with Crippen LogP contribution in [-0.2, 0) is 4.79 Å². The van der Waals surface area contributed by atoms with Crippen LogP contribution in [0.25, 0.3) is 0 Å². The quantitative estimate of drug-likeness (QED) is 0.851. The summed E-state index contributed by atoms with van der Waals surface area (Å²) in [6, 6.07) is 13.4. The number of carbonyl (C=O) groups is 2. The van der Waals surface area contributed by atoms with Crippen LogP contribution < -0.4 is 4.90 Å². The summed E-state index contributed by atoms with van der Waals surface area (Å²) >= 11 is 0. The van der Waals surface area contributed by atoms with Gasteiger partial charge in [-0.2, -0.15) is 0 Å². The normalized spacial score (nSPS) is 20.5. The number of hydrogen-bond donors (Lipinski definition) is 0. The minimum atomic E-state index is 0.0221. The van der Waals surface area contributed by atoms with E-state index in [1.165, 1.54) is 0 Å². The van der Waals surface area contributed by atoms with Gasteiger partial charge in [0.1, 0.15) is 0 Å². The number of benzene rings is 1. The molecule has 3 heterocycles. The molecule has 0 spiro atoms. The van der Waals surface area contributed by atoms with E-state index in [4.69, 9.17) is 0 Å². The molecule has 26 heavy (non-hydrogen) atoms. The van der Waals surface area contributed by atoms with Gasteiger partial charge in [0.25, 0.3) is 5.91 Å². The van der Waals surface area contributed by atoms with Gasteiger partial charge < -0.3 is 9.80 Å². The van der Waals surface area contributed by atoms with E-state index in [1.54, 1.807) is 11.1 Å². The van der Waals surface area contributed by atoms with Gasteiger partial charge in [-0.3, -0.25) is 14.6 Å². The molecule has 1 aromatic heterocycles. The highest BCUT2D eigenvalue weighted by atomic mass is 16.2. The number of hydrogen-bond acceptors (Lipinski definition) is 3. The van der Waals surface area contributed by atoms with E-state index in [1.807, 2.05) is 47.4 Å². The number of nitrogens with zero attached hydrogens (tertiary/aromatic N) is 3. The maximum absolute atomic E-state index is 13.2. The molecule has 2 aliphatic heterocycles. The first-order valence-corrected chi connectivity index (χ1v) is 9.36. The highest BCUT2D eigenvalue weighted by Gasteiger charge is 2.30. The van der Waals surface area contributed by atoms with Crippen molar-refractivity contribution >= 4 is 17.5 Å². The van der Waals surface area contributed by atoms with E-state index in [0.29, 0.717) is 12.0 Å². The van der Waals surface area contributed by atoms with Crippen molar-refractivity contribution in [2.45, 2.75) is 38.1 Å². The van der Waals surface area contributed by atoms with Gasteiger partial charge in [-0.1, -0.05) is 12.1 Å². The van der Waals surface area contributed by atoms with Crippen molar-refractivity contribution in [3.05, 3.63) is 59.9 Å². The first-order chi connectivity index (χ1) is 12.7. The Balaban J connectivity index is 1.60. The predicted octanol–water partition coefficient (Wildman–Crippen LogP) is 3.58. The van der Waals surface area contributed by atoms with Crippen molar-refractivity contribution in [1.82, 2.24) is 9.88 Å². The lowest BCUT2D eigenvalue weighted by Gasteiger charge is -2.35. The molecule has 2 amide bonds. The van der Waals surface area contributed by atoms with E-state index in [-0.39, 0.29) is 17.9 Å². The molecule has 2 aromatic rings. The zero-order valence-corrected chi connectivity index (χ0v) is 14.8. The minimum absolute atomic E-state index is 0.0221. The number of anilines is 1. The molecule has 0 aliphatic carbocycles. The molecular formula is C21H23N3O2. The topological polar surface area (TPSA) is 53.5 Å². The van der Waals surface area contributed by atoms with Gasteiger partial charge in [-0.05, 0) is 56.0 Å². The summed E-state index contributed by atoms with van der Waals surface area (Å²) in [5.41, 5.74) is 2.42. The van der Waals surface area contributed by atoms with E-state index in [9.17, 15) is 9.59 Å². The number of carbonyl (C=O) groups excluding carboxylic acids is 2. The van der Waals surface area contributed by atoms with E-state index in [2.05, 4.69) is 4.98 Å². The molecule has 2 fully saturated rings. The summed E-state index contributed by atoms with van der Waals surface area (Å²) in [5.74, 6) is 0.160. The number of pyridine rings is 1. The summed E-state index contributed by atoms with van der Waals surface area (Å²) in [7, 11) is 0. The maximum Gasteiger partial charge on any atom is 0.254 e. The van der Waals surface area contributed by atoms with E-state index < -0.39 is 0 Å². The van der Waals surface area contributed by atoms with Crippen molar-refractivity contribution in [2.75, 3.05) is 18.0 Å². The number of piperidine rings is 1. The molecule has 2 aliphatic rings. The average molecular weight is 349 g/mol. The van der Waals surface area contributed by atoms with Crippen LogP contribution >= 0.6 is 0 Å². The van der Waals surface area contributed by atoms with Gasteiger partial charge in [0, 0.05) is 37.0 Å². The van der Waals surface area contributed by atoms with Gasteiger partial charge >= 0.3 is 0 Å². The predicted molar refractivity (Wildman–Crippen MR) is 99.9 cm³/mol. The Morgan fingerprint density at radius 3 is 2.73 bits per heavy atom. The summed E-state index contributed by atoms with van der Waals surface area (Å²) < 4.78 is 0. The zero-order chi connectivity index (χ0) is 17.9. The van der Waals surface area contributed by atoms with Crippen molar-refractivity contribution < 1.29 is 9.59 Å². The molecule has 0 N–H and O–H groups in total. The van der Waals surface area contributed by atoms with Gasteiger partial charge in [0.05, 0.1) is 11.7 Å². The molecule has 4 rings (SSSR count). The Morgan fingerprint density at radius 2 is 1.96 bits per heavy atom. The summed E-state index contributed by atoms with van der Waals surface area (Å²) in [4.78, 5) is 33.4. The molecule has 5 nitrogen and oxygen atoms in total. The monoisotopic (exact) mass is 349 g/mol. The smallest absolute Gasteiger partial charge is 0.254 e. The number of aromatic nitrogens is 1. The van der Waals surface area contributed by atoms with Crippen molar-refractivity contribution in [1.29, 1.82) is 0 Å². The first-order valence-electron chi connectivity index (χ1n) is 9.36. The molecule has 0 radical (unpaired) electrons. The van der Waals surface area contributed by atoms with Crippen LogP contribution in [0.5, 0.6) is 0 Å². The van der Waals surface area contributed by atoms with Crippen LogP contribution in [0.4, 0.5) is 5.69 Å². The molecule has 134 valence electrons. The second-order valence-corrected chi connectivity index (χ2v) is 6.96. The fourth-order valence-corrected chi connectivity index (χ4v) is 3.95. The Kier molecular flexibility index (Phi) is 4.69. The Hall–Kier alpha value is -2.69. The van der Waals surface area contributed by atoms with Crippen molar-refractivity contribution in [2.24, 2.45) is 0 Å². The van der Waals surface area contributed by atoms with Gasteiger partial charge in [-0.15, -0.1) is 0 Å². The first kappa shape index (κ1) is 16.8. The minimum Gasteiger partial charge on any atom is -0.330 e. The van der Waals surface area contributed by atoms with Crippen LogP contribution in [0.1, 0.15) is 54.2 Å². The van der Waals surface area contributed by atoms with Crippen LogP contribution in [-0.4, -0.2) is 34.8 Å². The fourth-order valence-electron chi connectivity index (χ4n) is 3.95. The van der Waals surface area contributed by atoms with Gasteiger partial charge in [0.15, 0.2) is 0 Å². The summed E-state index contributed by atoms with van der Waals surface area (Å²) in [6.45, 7) is 1.48. The Labute approximate surface area is 153 Å². The molecule has 0 bridgehead atoms. The van der Waals surface area contributed by atoms with E-state index in [0.717, 1.165) is 50.2 Å². The SMILES string of the molecule is O=C1CCCN1c1cccc(C(=O)N2CCCC[C@@H]2c2ccccn2)c1. The lowest BCUT2D eigenvalue weighted by atomic mass is 9.97. The lowest BCUT2D eigenvalue weighted by molar-refractivity contribution is -0.117. The van der Waals surface area contributed by atoms with Gasteiger partial charge in [0.2, 0.25) is 5.91 Å². The second kappa shape index (κ2) is 7.28. The fraction of sp³-hybridized carbons (Fsp3) is 0.381. The summed E-state index contributed by atoms with van der Waals surface area (Å²) in [6.07, 6.45) is 6.31. The third-order valence-electron chi connectivity index (χ3n) is 5.27. The highest BCUT2D eigenvalue weighted by Crippen LogP contribution is 2.31. The maximum atomic E-state index is 13.2. The molecule has 5 heteroatoms. The van der Waals surface area contributed by atoms with Crippen molar-refractivity contribution in [3.8, 4) is 0 Å². The number of amides is 2. The third kappa shape index (κ3) is 3.21. The molecule has 1 aromatic carbocycles. The lowest BCUT2D eigenvalue weighted by Crippen LogP contribution is -2.39. The average Bonchev–Trinajstić information content (AvgIpc) is 3.14. The standard InChI is InChI=1S/C21H23N3O2/c25-20-11-6-14-23(20)17-8-5-7-16(15-17)21(26)24-13-4-2-10-19(24)18-9-1-3-12-22-18/h1,3,5,7-9,12,15,19H,2,4,6,10-11,13-14H2/t19-/m1/s1. The number of likely N-dealkylation sites (tertiary alicyclic amines) is 1. The van der Waals surface area contributed by atoms with Crippen LogP contribution in [0, 0.1) is 0 Å². The summed E-state index contributed by atoms with van der Waals surface area (Å²) in [5, 5.41) is 0. The Bertz CT molecular complexity index is 806. The van der Waals surface area contributed by atoms with Crippen LogP contribution in [0.2, 0.25) is 0 Å². The molecule has 1 atom stereocenters. The molecular weight excluding hydrogens is 326 g/mol. The van der Waals surface area contributed by atoms with Crippen molar-refractivity contribution in [3.63, 3.8) is 0 Å². The van der Waals surface area contributed by atoms with Gasteiger partial charge in [-0.25, -0.2) is 0 Å².